The van der Waals surface area contributed by atoms with Crippen molar-refractivity contribution in [1.29, 1.82) is 0 Å². The van der Waals surface area contributed by atoms with Gasteiger partial charge in [0.15, 0.2) is 0 Å². The lowest BCUT2D eigenvalue weighted by atomic mass is 9.76. The van der Waals surface area contributed by atoms with Gasteiger partial charge in [0.05, 0.1) is 0 Å². The molecular formula is C19H23N. The quantitative estimate of drug-likeness (QED) is 0.793. The normalized spacial score (nSPS) is 21.8. The number of hydrogen-bond donors (Lipinski definition) is 0. The molecule has 0 aromatic heterocycles. The van der Waals surface area contributed by atoms with E-state index in [0.29, 0.717) is 12.0 Å². The Morgan fingerprint density at radius 1 is 0.950 bits per heavy atom. The molecule has 0 N–H and O–H groups in total. The molecule has 0 unspecified atom stereocenters. The minimum Gasteiger partial charge on any atom is -0.306 e. The minimum absolute atomic E-state index is 0.535. The second-order valence-electron chi connectivity index (χ2n) is 6.22. The lowest BCUT2D eigenvalue weighted by Gasteiger charge is -2.35. The first kappa shape index (κ1) is 13.4. The van der Waals surface area contributed by atoms with E-state index in [0.717, 1.165) is 0 Å². The molecule has 2 aromatic carbocycles. The molecule has 2 atom stereocenters. The number of hydrogen-bond acceptors (Lipinski definition) is 1. The molecule has 1 heteroatoms. The molecule has 0 spiro atoms. The van der Waals surface area contributed by atoms with Crippen molar-refractivity contribution >= 4 is 0 Å². The Bertz CT molecular complexity index is 583. The zero-order valence-corrected chi connectivity index (χ0v) is 12.6. The van der Waals surface area contributed by atoms with Gasteiger partial charge in [-0.2, -0.15) is 0 Å². The van der Waals surface area contributed by atoms with Gasteiger partial charge in [-0.05, 0) is 50.6 Å². The Labute approximate surface area is 122 Å². The number of fused-ring (bicyclic) bond motifs is 1. The van der Waals surface area contributed by atoms with Crippen molar-refractivity contribution < 1.29 is 0 Å². The summed E-state index contributed by atoms with van der Waals surface area (Å²) in [5.74, 6) is 0.535. The van der Waals surface area contributed by atoms with Crippen LogP contribution >= 0.6 is 0 Å². The number of rotatable bonds is 2. The molecule has 0 fully saturated rings. The highest BCUT2D eigenvalue weighted by Crippen LogP contribution is 2.37. The van der Waals surface area contributed by atoms with Gasteiger partial charge in [0, 0.05) is 12.0 Å². The van der Waals surface area contributed by atoms with E-state index in [-0.39, 0.29) is 0 Å². The van der Waals surface area contributed by atoms with E-state index in [1.807, 2.05) is 0 Å². The number of nitrogens with zero attached hydrogens (tertiary/aromatic N) is 1. The van der Waals surface area contributed by atoms with E-state index in [2.05, 4.69) is 74.4 Å². The van der Waals surface area contributed by atoms with Gasteiger partial charge in [0.1, 0.15) is 0 Å². The topological polar surface area (TPSA) is 3.24 Å². The maximum atomic E-state index is 2.37. The van der Waals surface area contributed by atoms with Crippen LogP contribution in [0.2, 0.25) is 0 Å². The van der Waals surface area contributed by atoms with Crippen LogP contribution in [0.15, 0.2) is 48.5 Å². The van der Waals surface area contributed by atoms with Gasteiger partial charge in [0.2, 0.25) is 0 Å². The van der Waals surface area contributed by atoms with Crippen molar-refractivity contribution in [3.05, 3.63) is 70.8 Å². The van der Waals surface area contributed by atoms with E-state index in [9.17, 15) is 0 Å². The molecule has 3 rings (SSSR count). The third kappa shape index (κ3) is 2.51. The fourth-order valence-electron chi connectivity index (χ4n) is 3.30. The Morgan fingerprint density at radius 3 is 2.35 bits per heavy atom. The first-order valence-electron chi connectivity index (χ1n) is 7.46. The Morgan fingerprint density at radius 2 is 1.65 bits per heavy atom. The van der Waals surface area contributed by atoms with Crippen molar-refractivity contribution in [2.45, 2.75) is 31.7 Å². The second kappa shape index (κ2) is 5.41. The summed E-state index contributed by atoms with van der Waals surface area (Å²) in [5.41, 5.74) is 5.83. The van der Waals surface area contributed by atoms with Crippen LogP contribution in [-0.4, -0.2) is 25.0 Å². The fraction of sp³-hybridized carbons (Fsp3) is 0.368. The van der Waals surface area contributed by atoms with Crippen LogP contribution < -0.4 is 0 Å². The molecule has 2 aromatic rings. The second-order valence-corrected chi connectivity index (χ2v) is 6.22. The summed E-state index contributed by atoms with van der Waals surface area (Å²) in [4.78, 5) is 2.37. The predicted molar refractivity (Wildman–Crippen MR) is 85.3 cm³/mol. The van der Waals surface area contributed by atoms with Gasteiger partial charge in [-0.3, -0.25) is 0 Å². The lowest BCUT2D eigenvalue weighted by Crippen LogP contribution is -2.35. The minimum atomic E-state index is 0.535. The molecule has 0 radical (unpaired) electrons. The standard InChI is InChI=1S/C19H23N/c1-14-8-10-15(11-9-14)19-13-17(20(2)3)12-16-6-4-5-7-18(16)19/h4-11,17,19H,12-13H2,1-3H3/t17-,19-/m1/s1. The molecule has 1 nitrogen and oxygen atoms in total. The average molecular weight is 265 g/mol. The van der Waals surface area contributed by atoms with Crippen LogP contribution in [0.1, 0.15) is 34.6 Å². The summed E-state index contributed by atoms with van der Waals surface area (Å²) in [7, 11) is 4.40. The number of benzene rings is 2. The largest absolute Gasteiger partial charge is 0.306 e. The van der Waals surface area contributed by atoms with E-state index < -0.39 is 0 Å². The molecule has 1 aliphatic carbocycles. The predicted octanol–water partition coefficient (Wildman–Crippen LogP) is 4.00. The smallest absolute Gasteiger partial charge is 0.0139 e. The zero-order chi connectivity index (χ0) is 14.1. The summed E-state index contributed by atoms with van der Waals surface area (Å²) in [6.45, 7) is 2.15. The highest BCUT2D eigenvalue weighted by molar-refractivity contribution is 5.41. The summed E-state index contributed by atoms with van der Waals surface area (Å²) in [6, 6.07) is 18.7. The first-order chi connectivity index (χ1) is 9.65. The van der Waals surface area contributed by atoms with Gasteiger partial charge in [-0.1, -0.05) is 54.1 Å². The SMILES string of the molecule is Cc1ccc([C@H]2C[C@H](N(C)C)Cc3ccccc32)cc1. The third-order valence-electron chi connectivity index (χ3n) is 4.60. The molecule has 0 saturated heterocycles. The van der Waals surface area contributed by atoms with Gasteiger partial charge in [-0.15, -0.1) is 0 Å². The summed E-state index contributed by atoms with van der Waals surface area (Å²) in [6.07, 6.45) is 2.39. The molecule has 0 amide bonds. The van der Waals surface area contributed by atoms with Crippen molar-refractivity contribution in [2.75, 3.05) is 14.1 Å². The van der Waals surface area contributed by atoms with Crippen LogP contribution in [0, 0.1) is 6.92 Å². The first-order valence-corrected chi connectivity index (χ1v) is 7.46. The highest BCUT2D eigenvalue weighted by atomic mass is 15.1. The zero-order valence-electron chi connectivity index (χ0n) is 12.6. The maximum Gasteiger partial charge on any atom is 0.0139 e. The lowest BCUT2D eigenvalue weighted by molar-refractivity contribution is 0.258. The average Bonchev–Trinajstić information content (AvgIpc) is 2.47. The molecule has 0 saturated carbocycles. The molecule has 0 heterocycles. The molecule has 0 bridgehead atoms. The van der Waals surface area contributed by atoms with Gasteiger partial charge in [0.25, 0.3) is 0 Å². The van der Waals surface area contributed by atoms with Crippen LogP contribution in [0.3, 0.4) is 0 Å². The number of likely N-dealkylation sites (N-methyl/N-ethyl adjacent to an activating group) is 1. The molecule has 0 aliphatic heterocycles. The van der Waals surface area contributed by atoms with Gasteiger partial charge < -0.3 is 4.90 Å². The molecule has 20 heavy (non-hydrogen) atoms. The van der Waals surface area contributed by atoms with E-state index in [1.165, 1.54) is 35.1 Å². The molecule has 104 valence electrons. The van der Waals surface area contributed by atoms with Crippen molar-refractivity contribution in [1.82, 2.24) is 4.90 Å². The van der Waals surface area contributed by atoms with Gasteiger partial charge >= 0.3 is 0 Å². The highest BCUT2D eigenvalue weighted by Gasteiger charge is 2.28. The Balaban J connectivity index is 2.02. The summed E-state index contributed by atoms with van der Waals surface area (Å²) in [5, 5.41) is 0. The molecular weight excluding hydrogens is 242 g/mol. The van der Waals surface area contributed by atoms with Crippen molar-refractivity contribution in [2.24, 2.45) is 0 Å². The van der Waals surface area contributed by atoms with Crippen LogP contribution in [0.25, 0.3) is 0 Å². The summed E-state index contributed by atoms with van der Waals surface area (Å²) < 4.78 is 0. The van der Waals surface area contributed by atoms with E-state index in [4.69, 9.17) is 0 Å². The third-order valence-corrected chi connectivity index (χ3v) is 4.60. The van der Waals surface area contributed by atoms with Crippen LogP contribution in [0.5, 0.6) is 0 Å². The van der Waals surface area contributed by atoms with Gasteiger partial charge in [-0.25, -0.2) is 0 Å². The van der Waals surface area contributed by atoms with E-state index in [1.54, 1.807) is 0 Å². The number of aryl methyl sites for hydroxylation is 1. The van der Waals surface area contributed by atoms with Crippen molar-refractivity contribution in [3.63, 3.8) is 0 Å². The Hall–Kier alpha value is -1.60. The maximum absolute atomic E-state index is 2.37. The Kier molecular flexibility index (Phi) is 3.62. The van der Waals surface area contributed by atoms with Crippen LogP contribution in [0.4, 0.5) is 0 Å². The molecule has 1 aliphatic rings. The van der Waals surface area contributed by atoms with Crippen LogP contribution in [-0.2, 0) is 6.42 Å². The van der Waals surface area contributed by atoms with E-state index >= 15 is 0 Å². The summed E-state index contributed by atoms with van der Waals surface area (Å²) >= 11 is 0. The van der Waals surface area contributed by atoms with Crippen molar-refractivity contribution in [3.8, 4) is 0 Å². The monoisotopic (exact) mass is 265 g/mol. The fourth-order valence-corrected chi connectivity index (χ4v) is 3.30.